The summed E-state index contributed by atoms with van der Waals surface area (Å²) in [4.78, 5) is 4.87. The Labute approximate surface area is 300 Å². The van der Waals surface area contributed by atoms with Gasteiger partial charge in [-0.1, -0.05) is 115 Å². The Kier molecular flexibility index (Phi) is 6.22. The molecule has 0 saturated heterocycles. The van der Waals surface area contributed by atoms with Gasteiger partial charge in [-0.3, -0.25) is 0 Å². The van der Waals surface area contributed by atoms with Crippen LogP contribution < -0.4 is 30.9 Å². The van der Waals surface area contributed by atoms with Crippen molar-refractivity contribution in [3.63, 3.8) is 0 Å². The number of fused-ring (bicyclic) bond motifs is 10. The van der Waals surface area contributed by atoms with Crippen LogP contribution in [0.2, 0.25) is 0 Å². The minimum atomic E-state index is 0.0599. The molecule has 11 rings (SSSR count). The minimum Gasteiger partial charge on any atom is -0.458 e. The molecule has 3 nitrogen and oxygen atoms in total. The summed E-state index contributed by atoms with van der Waals surface area (Å²) in [6, 6.07) is 63.3. The van der Waals surface area contributed by atoms with E-state index in [0.29, 0.717) is 0 Å². The maximum absolute atomic E-state index is 6.91. The zero-order valence-electron chi connectivity index (χ0n) is 27.5. The third-order valence-electron chi connectivity index (χ3n) is 10.5. The van der Waals surface area contributed by atoms with Crippen molar-refractivity contribution in [2.45, 2.75) is 0 Å². The van der Waals surface area contributed by atoms with Gasteiger partial charge in [0.1, 0.15) is 11.5 Å². The van der Waals surface area contributed by atoms with Gasteiger partial charge in [0.15, 0.2) is 0 Å². The van der Waals surface area contributed by atoms with Crippen LogP contribution in [0.25, 0.3) is 30.9 Å². The number of thiophene rings is 1. The van der Waals surface area contributed by atoms with Crippen molar-refractivity contribution < 1.29 is 4.74 Å². The quantitative estimate of drug-likeness (QED) is 0.174. The zero-order valence-corrected chi connectivity index (χ0v) is 28.3. The Hall–Kier alpha value is -6.30. The highest BCUT2D eigenvalue weighted by Crippen LogP contribution is 2.52. The molecule has 0 atom stereocenters. The van der Waals surface area contributed by atoms with E-state index < -0.39 is 0 Å². The molecule has 0 aliphatic carbocycles. The van der Waals surface area contributed by atoms with Crippen LogP contribution in [0.5, 0.6) is 11.5 Å². The third kappa shape index (κ3) is 4.19. The van der Waals surface area contributed by atoms with Gasteiger partial charge >= 0.3 is 0 Å². The van der Waals surface area contributed by atoms with Crippen LogP contribution >= 0.6 is 11.3 Å². The number of para-hydroxylation sites is 5. The number of hydrogen-bond donors (Lipinski definition) is 0. The van der Waals surface area contributed by atoms with Crippen molar-refractivity contribution in [2.24, 2.45) is 0 Å². The van der Waals surface area contributed by atoms with Gasteiger partial charge in [0.05, 0.1) is 16.1 Å². The van der Waals surface area contributed by atoms with E-state index in [1.165, 1.54) is 58.7 Å². The second kappa shape index (κ2) is 11.1. The van der Waals surface area contributed by atoms with Crippen molar-refractivity contribution >= 4 is 99.5 Å². The van der Waals surface area contributed by atoms with Crippen molar-refractivity contribution in [1.82, 2.24) is 0 Å². The molecule has 0 bridgehead atoms. The van der Waals surface area contributed by atoms with Crippen LogP contribution in [0, 0.1) is 0 Å². The first-order valence-corrected chi connectivity index (χ1v) is 18.2. The second-order valence-electron chi connectivity index (χ2n) is 13.2. The Morgan fingerprint density at radius 2 is 1.14 bits per heavy atom. The first kappa shape index (κ1) is 28.5. The number of nitrogens with zero attached hydrogens (tertiary/aromatic N) is 2. The zero-order chi connectivity index (χ0) is 33.5. The molecule has 0 N–H and O–H groups in total. The summed E-state index contributed by atoms with van der Waals surface area (Å²) in [5.74, 6) is 1.86. The lowest BCUT2D eigenvalue weighted by atomic mass is 9.34. The molecule has 2 aliphatic rings. The van der Waals surface area contributed by atoms with Crippen molar-refractivity contribution in [3.05, 3.63) is 176 Å². The molecule has 1 aromatic heterocycles. The Balaban J connectivity index is 1.27. The highest BCUT2D eigenvalue weighted by atomic mass is 32.1. The van der Waals surface area contributed by atoms with E-state index in [0.717, 1.165) is 34.2 Å². The average molecular weight is 669 g/mol. The summed E-state index contributed by atoms with van der Waals surface area (Å²) in [7, 11) is 0. The molecule has 8 aromatic carbocycles. The fourth-order valence-electron chi connectivity index (χ4n) is 8.39. The van der Waals surface area contributed by atoms with E-state index in [9.17, 15) is 0 Å². The Morgan fingerprint density at radius 1 is 0.529 bits per heavy atom. The van der Waals surface area contributed by atoms with Crippen LogP contribution in [0.4, 0.5) is 34.1 Å². The van der Waals surface area contributed by atoms with Crippen LogP contribution in [-0.4, -0.2) is 6.71 Å². The van der Waals surface area contributed by atoms with E-state index in [4.69, 9.17) is 4.74 Å². The van der Waals surface area contributed by atoms with Crippen molar-refractivity contribution in [1.29, 1.82) is 0 Å². The summed E-state index contributed by atoms with van der Waals surface area (Å²) >= 11 is 1.89. The lowest BCUT2D eigenvalue weighted by Crippen LogP contribution is -2.59. The fraction of sp³-hybridized carbons (Fsp3) is 0. The summed E-state index contributed by atoms with van der Waals surface area (Å²) in [6.45, 7) is 0.0599. The maximum atomic E-state index is 6.91. The van der Waals surface area contributed by atoms with Crippen LogP contribution in [0.15, 0.2) is 176 Å². The van der Waals surface area contributed by atoms with Gasteiger partial charge < -0.3 is 14.5 Å². The minimum absolute atomic E-state index is 0.0599. The molecule has 0 unspecified atom stereocenters. The monoisotopic (exact) mass is 668 g/mol. The van der Waals surface area contributed by atoms with Gasteiger partial charge in [-0.15, -0.1) is 11.3 Å². The Morgan fingerprint density at radius 3 is 1.88 bits per heavy atom. The smallest absolute Gasteiger partial charge is 0.256 e. The lowest BCUT2D eigenvalue weighted by Gasteiger charge is -2.40. The topological polar surface area (TPSA) is 15.7 Å². The second-order valence-corrected chi connectivity index (χ2v) is 14.3. The van der Waals surface area contributed by atoms with Gasteiger partial charge in [-0.05, 0) is 82.4 Å². The molecule has 9 aromatic rings. The summed E-state index contributed by atoms with van der Waals surface area (Å²) in [5.41, 5.74) is 10.7. The number of anilines is 6. The predicted octanol–water partition coefficient (Wildman–Crippen LogP) is 11.1. The fourth-order valence-corrected chi connectivity index (χ4v) is 9.67. The normalized spacial score (nSPS) is 12.8. The summed E-state index contributed by atoms with van der Waals surface area (Å²) in [5, 5.41) is 4.92. The number of hydrogen-bond acceptors (Lipinski definition) is 4. The molecule has 0 fully saturated rings. The Bertz CT molecular complexity index is 2760. The number of rotatable bonds is 4. The molecule has 238 valence electrons. The SMILES string of the molecule is c1ccc(N(c2ccccc2)c2cc3sc4c5c6c(cc4c3c3ccccc23)Oc2ccccc2B6c2ccccc2N5c2ccccc2)cc1. The van der Waals surface area contributed by atoms with Gasteiger partial charge in [-0.25, -0.2) is 0 Å². The first-order valence-electron chi connectivity index (χ1n) is 17.4. The molecule has 3 heterocycles. The lowest BCUT2D eigenvalue weighted by molar-refractivity contribution is 0.488. The van der Waals surface area contributed by atoms with E-state index >= 15 is 0 Å². The van der Waals surface area contributed by atoms with E-state index in [1.54, 1.807) is 0 Å². The molecule has 0 amide bonds. The van der Waals surface area contributed by atoms with Crippen LogP contribution in [-0.2, 0) is 0 Å². The largest absolute Gasteiger partial charge is 0.458 e. The van der Waals surface area contributed by atoms with Gasteiger partial charge in [0, 0.05) is 43.6 Å². The summed E-state index contributed by atoms with van der Waals surface area (Å²) in [6.07, 6.45) is 0. The van der Waals surface area contributed by atoms with E-state index in [-0.39, 0.29) is 6.71 Å². The van der Waals surface area contributed by atoms with Crippen molar-refractivity contribution in [3.8, 4) is 11.5 Å². The van der Waals surface area contributed by atoms with Crippen molar-refractivity contribution in [2.75, 3.05) is 9.80 Å². The predicted molar refractivity (Wildman–Crippen MR) is 217 cm³/mol. The molecular weight excluding hydrogens is 639 g/mol. The first-order chi connectivity index (χ1) is 25.3. The molecule has 2 aliphatic heterocycles. The molecule has 0 radical (unpaired) electrons. The number of benzene rings is 8. The van der Waals surface area contributed by atoms with Gasteiger partial charge in [0.25, 0.3) is 6.71 Å². The highest BCUT2D eigenvalue weighted by molar-refractivity contribution is 7.27. The molecule has 0 spiro atoms. The van der Waals surface area contributed by atoms with E-state index in [2.05, 4.69) is 186 Å². The van der Waals surface area contributed by atoms with Crippen LogP contribution in [0.3, 0.4) is 0 Å². The highest BCUT2D eigenvalue weighted by Gasteiger charge is 2.43. The third-order valence-corrected chi connectivity index (χ3v) is 11.6. The van der Waals surface area contributed by atoms with Gasteiger partial charge in [-0.2, -0.15) is 0 Å². The molecular formula is C46H29BN2OS. The molecule has 0 saturated carbocycles. The maximum Gasteiger partial charge on any atom is 0.256 e. The molecule has 5 heteroatoms. The van der Waals surface area contributed by atoms with E-state index in [1.807, 2.05) is 11.3 Å². The van der Waals surface area contributed by atoms with Crippen LogP contribution in [0.1, 0.15) is 0 Å². The standard InChI is InChI=1S/C46H29BN2OS/c1-4-16-30(17-5-1)48(31-18-6-2-7-19-31)39-29-42-43(34-23-11-10-22-33(34)39)35-28-41-44-45(46(35)51-42)49(32-20-8-3-9-21-32)38-26-14-12-24-36(38)47(44)37-25-13-15-27-40(37)50-41/h1-29H. The summed E-state index contributed by atoms with van der Waals surface area (Å²) < 4.78 is 9.42. The average Bonchev–Trinajstić information content (AvgIpc) is 3.57. The number of ether oxygens (including phenoxy) is 1. The van der Waals surface area contributed by atoms with Gasteiger partial charge in [0.2, 0.25) is 0 Å². The molecule has 51 heavy (non-hydrogen) atoms.